The molecule has 3 rings (SSSR count). The van der Waals surface area contributed by atoms with Crippen LogP contribution >= 0.6 is 0 Å². The van der Waals surface area contributed by atoms with Crippen LogP contribution in [0.1, 0.15) is 32.8 Å². The zero-order valence-corrected chi connectivity index (χ0v) is 18.2. The number of hydrogen-bond donors (Lipinski definition) is 1. The van der Waals surface area contributed by atoms with E-state index in [0.29, 0.717) is 0 Å². The van der Waals surface area contributed by atoms with Crippen LogP contribution in [0.15, 0.2) is 23.2 Å². The van der Waals surface area contributed by atoms with E-state index in [-0.39, 0.29) is 43.2 Å². The molecule has 2 amide bonds. The molecule has 0 bridgehead atoms. The molecule has 1 N–H and O–H groups in total. The van der Waals surface area contributed by atoms with Crippen molar-refractivity contribution in [3.63, 3.8) is 0 Å². The van der Waals surface area contributed by atoms with Crippen LogP contribution in [0.25, 0.3) is 0 Å². The number of aliphatic imine (C=N–C) groups is 1. The number of halogens is 2. The van der Waals surface area contributed by atoms with Gasteiger partial charge in [-0.1, -0.05) is 6.07 Å². The molecule has 0 unspecified atom stereocenters. The maximum Gasteiger partial charge on any atom is 0.414 e. The minimum Gasteiger partial charge on any atom is -0.444 e. The first-order valence-corrected chi connectivity index (χ1v) is 9.90. The Morgan fingerprint density at radius 3 is 2.71 bits per heavy atom. The van der Waals surface area contributed by atoms with Crippen molar-refractivity contribution in [3.8, 4) is 0 Å². The second kappa shape index (κ2) is 8.51. The Bertz CT molecular complexity index is 901. The van der Waals surface area contributed by atoms with Crippen LogP contribution in [-0.2, 0) is 24.5 Å². The van der Waals surface area contributed by atoms with Gasteiger partial charge in [-0.2, -0.15) is 0 Å². The lowest BCUT2D eigenvalue weighted by molar-refractivity contribution is -0.148. The molecular formula is C21H27F2N3O5. The van der Waals surface area contributed by atoms with Crippen molar-refractivity contribution < 1.29 is 32.6 Å². The van der Waals surface area contributed by atoms with Crippen molar-refractivity contribution in [1.82, 2.24) is 10.2 Å². The van der Waals surface area contributed by atoms with E-state index < -0.39 is 34.8 Å². The van der Waals surface area contributed by atoms with Gasteiger partial charge in [-0.05, 0) is 33.3 Å². The van der Waals surface area contributed by atoms with E-state index in [2.05, 4.69) is 10.3 Å². The monoisotopic (exact) mass is 439 g/mol. The maximum atomic E-state index is 14.9. The number of nitrogens with zero attached hydrogens (tertiary/aromatic N) is 2. The predicted molar refractivity (Wildman–Crippen MR) is 107 cm³/mol. The van der Waals surface area contributed by atoms with Gasteiger partial charge in [0.05, 0.1) is 25.2 Å². The van der Waals surface area contributed by atoms with Crippen molar-refractivity contribution in [2.45, 2.75) is 44.4 Å². The number of carbonyl (C=O) groups excluding carboxylic acids is 2. The molecule has 0 aromatic heterocycles. The number of rotatable bonds is 3. The number of benzene rings is 1. The Kier molecular flexibility index (Phi) is 6.33. The molecule has 170 valence electrons. The van der Waals surface area contributed by atoms with Crippen LogP contribution in [0.3, 0.4) is 0 Å². The molecule has 1 saturated heterocycles. The van der Waals surface area contributed by atoms with Crippen LogP contribution in [-0.4, -0.2) is 61.9 Å². The Labute approximate surface area is 179 Å². The Balaban J connectivity index is 2.07. The van der Waals surface area contributed by atoms with E-state index in [4.69, 9.17) is 14.2 Å². The van der Waals surface area contributed by atoms with Crippen molar-refractivity contribution in [2.75, 3.05) is 27.4 Å². The molecule has 0 aliphatic carbocycles. The minimum absolute atomic E-state index is 0.0136. The largest absolute Gasteiger partial charge is 0.444 e. The minimum atomic E-state index is -1.48. The average Bonchev–Trinajstić information content (AvgIpc) is 2.65. The van der Waals surface area contributed by atoms with Gasteiger partial charge in [0.25, 0.3) is 0 Å². The number of amides is 2. The first kappa shape index (κ1) is 23.1. The zero-order chi connectivity index (χ0) is 23.0. The third kappa shape index (κ3) is 4.69. The molecule has 0 radical (unpaired) electrons. The van der Waals surface area contributed by atoms with E-state index in [9.17, 15) is 18.4 Å². The molecule has 8 nitrogen and oxygen atoms in total. The molecule has 1 fully saturated rings. The molecule has 1 aromatic carbocycles. The lowest BCUT2D eigenvalue weighted by atomic mass is 9.72. The third-order valence-electron chi connectivity index (χ3n) is 5.23. The number of guanidine groups is 1. The Morgan fingerprint density at radius 1 is 1.39 bits per heavy atom. The van der Waals surface area contributed by atoms with E-state index in [0.717, 1.165) is 12.1 Å². The van der Waals surface area contributed by atoms with E-state index in [1.807, 2.05) is 0 Å². The van der Waals surface area contributed by atoms with Gasteiger partial charge >= 0.3 is 6.09 Å². The number of nitrogens with one attached hydrogen (secondary N) is 1. The Morgan fingerprint density at radius 2 is 2.10 bits per heavy atom. The third-order valence-corrected chi connectivity index (χ3v) is 5.23. The van der Waals surface area contributed by atoms with Gasteiger partial charge in [0.15, 0.2) is 0 Å². The van der Waals surface area contributed by atoms with E-state index in [1.165, 1.54) is 25.1 Å². The summed E-state index contributed by atoms with van der Waals surface area (Å²) in [5.41, 5.74) is -2.23. The standard InChI is InChI=1S/C21H27F2N3O5/c1-20(2,3)31-19(28)24-18-25-21(14-7-6-12(22)8-16(14)23)11-30-13(10-29-5)9-15(21)17(27)26(18)4/h6-8,13,15H,9-11H2,1-5H3,(H,24,25,28)/t13-,15-,21+/m0/s1. The summed E-state index contributed by atoms with van der Waals surface area (Å²) in [6.45, 7) is 5.19. The summed E-state index contributed by atoms with van der Waals surface area (Å²) in [4.78, 5) is 31.4. The van der Waals surface area contributed by atoms with Gasteiger partial charge in [-0.3, -0.25) is 15.0 Å². The van der Waals surface area contributed by atoms with Crippen molar-refractivity contribution in [3.05, 3.63) is 35.4 Å². The normalized spacial score (nSPS) is 26.2. The number of hydrogen-bond acceptors (Lipinski definition) is 6. The van der Waals surface area contributed by atoms with Crippen LogP contribution in [0.4, 0.5) is 13.6 Å². The van der Waals surface area contributed by atoms with Crippen molar-refractivity contribution in [2.24, 2.45) is 10.9 Å². The molecule has 0 saturated carbocycles. The zero-order valence-electron chi connectivity index (χ0n) is 18.2. The fourth-order valence-corrected chi connectivity index (χ4v) is 3.86. The first-order valence-electron chi connectivity index (χ1n) is 9.90. The number of methoxy groups -OCH3 is 1. The Hall–Kier alpha value is -2.59. The summed E-state index contributed by atoms with van der Waals surface area (Å²) in [5.74, 6) is -2.88. The highest BCUT2D eigenvalue weighted by atomic mass is 19.1. The topological polar surface area (TPSA) is 89.5 Å². The highest BCUT2D eigenvalue weighted by molar-refractivity contribution is 6.05. The van der Waals surface area contributed by atoms with Gasteiger partial charge in [0.1, 0.15) is 22.8 Å². The van der Waals surface area contributed by atoms with E-state index in [1.54, 1.807) is 20.8 Å². The summed E-state index contributed by atoms with van der Waals surface area (Å²) >= 11 is 0. The molecule has 3 atom stereocenters. The second-order valence-electron chi connectivity index (χ2n) is 8.68. The van der Waals surface area contributed by atoms with Gasteiger partial charge < -0.3 is 14.2 Å². The summed E-state index contributed by atoms with van der Waals surface area (Å²) in [6, 6.07) is 3.09. The number of fused-ring (bicyclic) bond motifs is 1. The highest BCUT2D eigenvalue weighted by Gasteiger charge is 2.55. The summed E-state index contributed by atoms with van der Waals surface area (Å²) in [6.07, 6.45) is -0.982. The number of alkyl carbamates (subject to hydrolysis) is 1. The lowest BCUT2D eigenvalue weighted by Crippen LogP contribution is -2.61. The molecule has 0 spiro atoms. The average molecular weight is 439 g/mol. The smallest absolute Gasteiger partial charge is 0.414 e. The maximum absolute atomic E-state index is 14.9. The van der Waals surface area contributed by atoms with E-state index >= 15 is 0 Å². The van der Waals surface area contributed by atoms with Gasteiger partial charge in [-0.25, -0.2) is 18.6 Å². The SMILES string of the molecule is COC[C@@H]1C[C@H]2C(=O)N(C)C(NC(=O)OC(C)(C)C)=N[C@@]2(c2ccc(F)cc2F)CO1. The molecule has 1 aromatic rings. The number of ether oxygens (including phenoxy) is 3. The second-order valence-corrected chi connectivity index (χ2v) is 8.68. The van der Waals surface area contributed by atoms with Crippen LogP contribution in [0.2, 0.25) is 0 Å². The fourth-order valence-electron chi connectivity index (χ4n) is 3.86. The molecule has 31 heavy (non-hydrogen) atoms. The molecule has 10 heteroatoms. The molecule has 2 heterocycles. The summed E-state index contributed by atoms with van der Waals surface area (Å²) < 4.78 is 44.7. The van der Waals surface area contributed by atoms with Gasteiger partial charge in [0.2, 0.25) is 11.9 Å². The predicted octanol–water partition coefficient (Wildman–Crippen LogP) is 2.56. The summed E-state index contributed by atoms with van der Waals surface area (Å²) in [7, 11) is 2.98. The lowest BCUT2D eigenvalue weighted by Gasteiger charge is -2.47. The van der Waals surface area contributed by atoms with Crippen LogP contribution in [0, 0.1) is 17.6 Å². The van der Waals surface area contributed by atoms with Crippen molar-refractivity contribution >= 4 is 18.0 Å². The quantitative estimate of drug-likeness (QED) is 0.782. The van der Waals surface area contributed by atoms with Gasteiger partial charge in [0, 0.05) is 25.8 Å². The summed E-state index contributed by atoms with van der Waals surface area (Å²) in [5, 5.41) is 2.47. The molecule has 2 aliphatic rings. The fraction of sp³-hybridized carbons (Fsp3) is 0.571. The molecule has 2 aliphatic heterocycles. The van der Waals surface area contributed by atoms with Crippen molar-refractivity contribution in [1.29, 1.82) is 0 Å². The number of carbonyl (C=O) groups is 2. The van der Waals surface area contributed by atoms with Crippen LogP contribution < -0.4 is 5.32 Å². The first-order chi connectivity index (χ1) is 14.5. The van der Waals surface area contributed by atoms with Gasteiger partial charge in [-0.15, -0.1) is 0 Å². The molecular weight excluding hydrogens is 412 g/mol. The highest BCUT2D eigenvalue weighted by Crippen LogP contribution is 2.45. The van der Waals surface area contributed by atoms with Crippen LogP contribution in [0.5, 0.6) is 0 Å².